The van der Waals surface area contributed by atoms with E-state index in [9.17, 15) is 9.59 Å². The van der Waals surface area contributed by atoms with Crippen molar-refractivity contribution in [3.8, 4) is 0 Å². The molecule has 2 aromatic rings. The predicted octanol–water partition coefficient (Wildman–Crippen LogP) is 4.71. The molecule has 0 radical (unpaired) electrons. The zero-order valence-corrected chi connectivity index (χ0v) is 17.2. The Hall–Kier alpha value is -2.21. The molecule has 0 N–H and O–H groups in total. The Bertz CT molecular complexity index is 740. The molecule has 1 amide bonds. The second-order valence-corrected chi connectivity index (χ2v) is 7.44. The van der Waals surface area contributed by atoms with Crippen molar-refractivity contribution < 1.29 is 14.3 Å². The van der Waals surface area contributed by atoms with Crippen molar-refractivity contribution in [3.63, 3.8) is 0 Å². The number of hydrogen-bond acceptors (Lipinski definition) is 5. The fourth-order valence-corrected chi connectivity index (χ4v) is 3.62. The molecule has 2 rings (SSSR count). The third-order valence-electron chi connectivity index (χ3n) is 4.32. The quantitative estimate of drug-likeness (QED) is 0.437. The van der Waals surface area contributed by atoms with E-state index in [1.807, 2.05) is 31.2 Å². The lowest BCUT2D eigenvalue weighted by Crippen LogP contribution is -2.31. The number of aromatic nitrogens is 1. The maximum atomic E-state index is 12.9. The highest BCUT2D eigenvalue weighted by Crippen LogP contribution is 2.17. The van der Waals surface area contributed by atoms with E-state index in [0.717, 1.165) is 17.8 Å². The van der Waals surface area contributed by atoms with Crippen molar-refractivity contribution in [2.45, 2.75) is 52.5 Å². The number of unbranched alkanes of at least 4 members (excludes halogenated alkanes) is 2. The van der Waals surface area contributed by atoms with Crippen molar-refractivity contribution in [2.75, 3.05) is 13.7 Å². The van der Waals surface area contributed by atoms with E-state index in [1.54, 1.807) is 10.3 Å². The Morgan fingerprint density at radius 1 is 1.11 bits per heavy atom. The fraction of sp³-hybridized carbons (Fsp3) is 0.476. The third-order valence-corrected chi connectivity index (χ3v) is 5.16. The van der Waals surface area contributed by atoms with Gasteiger partial charge in [0.2, 0.25) is 0 Å². The largest absolute Gasteiger partial charge is 0.464 e. The zero-order chi connectivity index (χ0) is 19.6. The highest BCUT2D eigenvalue weighted by molar-refractivity contribution is 7.09. The van der Waals surface area contributed by atoms with Gasteiger partial charge in [-0.15, -0.1) is 11.3 Å². The highest BCUT2D eigenvalue weighted by atomic mass is 32.1. The smallest absolute Gasteiger partial charge is 0.357 e. The minimum absolute atomic E-state index is 0.00761. The van der Waals surface area contributed by atoms with Gasteiger partial charge in [-0.2, -0.15) is 0 Å². The van der Waals surface area contributed by atoms with Gasteiger partial charge in [0.25, 0.3) is 5.91 Å². The maximum Gasteiger partial charge on any atom is 0.357 e. The maximum absolute atomic E-state index is 12.9. The van der Waals surface area contributed by atoms with E-state index in [0.29, 0.717) is 18.7 Å². The Kier molecular flexibility index (Phi) is 8.45. The van der Waals surface area contributed by atoms with Crippen LogP contribution in [0.4, 0.5) is 0 Å². The van der Waals surface area contributed by atoms with Crippen LogP contribution in [0.15, 0.2) is 29.6 Å². The number of methoxy groups -OCH3 is 1. The summed E-state index contributed by atoms with van der Waals surface area (Å²) in [4.78, 5) is 30.5. The summed E-state index contributed by atoms with van der Waals surface area (Å²) in [5, 5.41) is 2.40. The summed E-state index contributed by atoms with van der Waals surface area (Å²) in [6.07, 6.45) is 5.52. The number of rotatable bonds is 10. The molecule has 0 bridgehead atoms. The molecule has 0 atom stereocenters. The summed E-state index contributed by atoms with van der Waals surface area (Å²) in [6, 6.07) is 7.92. The van der Waals surface area contributed by atoms with Crippen molar-refractivity contribution in [3.05, 3.63) is 51.5 Å². The summed E-state index contributed by atoms with van der Waals surface area (Å²) in [5.41, 5.74) is 2.25. The SMILES string of the molecule is CCCCCc1ccc(C(=O)N(CCC)Cc2nc(C(=O)OC)cs2)cc1. The lowest BCUT2D eigenvalue weighted by molar-refractivity contribution is 0.0594. The van der Waals surface area contributed by atoms with Crippen molar-refractivity contribution >= 4 is 23.2 Å². The van der Waals surface area contributed by atoms with Crippen LogP contribution in [0.1, 0.15) is 70.9 Å². The molecule has 0 spiro atoms. The lowest BCUT2D eigenvalue weighted by atomic mass is 10.0. The molecule has 0 saturated carbocycles. The number of amides is 1. The fourth-order valence-electron chi connectivity index (χ4n) is 2.84. The molecule has 0 unspecified atom stereocenters. The van der Waals surface area contributed by atoms with Crippen LogP contribution in [-0.4, -0.2) is 35.4 Å². The summed E-state index contributed by atoms with van der Waals surface area (Å²) in [6.45, 7) is 5.27. The van der Waals surface area contributed by atoms with Gasteiger partial charge in [-0.3, -0.25) is 4.79 Å². The van der Waals surface area contributed by atoms with E-state index < -0.39 is 5.97 Å². The van der Waals surface area contributed by atoms with Gasteiger partial charge in [-0.05, 0) is 37.0 Å². The molecule has 1 aromatic carbocycles. The molecule has 0 fully saturated rings. The Balaban J connectivity index is 2.05. The Morgan fingerprint density at radius 2 is 1.85 bits per heavy atom. The molecule has 5 nitrogen and oxygen atoms in total. The molecule has 0 aliphatic heterocycles. The predicted molar refractivity (Wildman–Crippen MR) is 108 cm³/mol. The van der Waals surface area contributed by atoms with Crippen molar-refractivity contribution in [2.24, 2.45) is 0 Å². The number of aryl methyl sites for hydroxylation is 1. The first-order valence-electron chi connectivity index (χ1n) is 9.50. The van der Waals surface area contributed by atoms with Gasteiger partial charge in [0.1, 0.15) is 5.01 Å². The number of carbonyl (C=O) groups is 2. The average Bonchev–Trinajstić information content (AvgIpc) is 3.16. The lowest BCUT2D eigenvalue weighted by Gasteiger charge is -2.21. The van der Waals surface area contributed by atoms with Gasteiger partial charge in [-0.1, -0.05) is 38.8 Å². The van der Waals surface area contributed by atoms with Crippen LogP contribution in [0.5, 0.6) is 0 Å². The molecule has 1 aromatic heterocycles. The topological polar surface area (TPSA) is 59.5 Å². The average molecular weight is 389 g/mol. The molecule has 27 heavy (non-hydrogen) atoms. The van der Waals surface area contributed by atoms with Gasteiger partial charge >= 0.3 is 5.97 Å². The van der Waals surface area contributed by atoms with Crippen LogP contribution in [0.2, 0.25) is 0 Å². The number of ether oxygens (including phenoxy) is 1. The molecule has 146 valence electrons. The summed E-state index contributed by atoms with van der Waals surface area (Å²) in [5.74, 6) is -0.462. The monoisotopic (exact) mass is 388 g/mol. The highest BCUT2D eigenvalue weighted by Gasteiger charge is 2.18. The Morgan fingerprint density at radius 3 is 2.48 bits per heavy atom. The van der Waals surface area contributed by atoms with E-state index in [-0.39, 0.29) is 11.6 Å². The summed E-state index contributed by atoms with van der Waals surface area (Å²) in [7, 11) is 1.33. The molecule has 1 heterocycles. The second-order valence-electron chi connectivity index (χ2n) is 6.50. The first kappa shape index (κ1) is 21.1. The normalized spacial score (nSPS) is 10.6. The van der Waals surface area contributed by atoms with Crippen LogP contribution in [0.25, 0.3) is 0 Å². The van der Waals surface area contributed by atoms with Gasteiger partial charge in [0.05, 0.1) is 13.7 Å². The van der Waals surface area contributed by atoms with Gasteiger partial charge in [0.15, 0.2) is 5.69 Å². The standard InChI is InChI=1S/C21H28N2O3S/c1-4-6-7-8-16-9-11-17(12-10-16)20(24)23(13-5-2)14-19-22-18(15-27-19)21(25)26-3/h9-12,15H,4-8,13-14H2,1-3H3. The van der Waals surface area contributed by atoms with E-state index >= 15 is 0 Å². The van der Waals surface area contributed by atoms with Gasteiger partial charge in [-0.25, -0.2) is 9.78 Å². The molecule has 0 aliphatic rings. The summed E-state index contributed by atoms with van der Waals surface area (Å²) >= 11 is 1.37. The van der Waals surface area contributed by atoms with Crippen molar-refractivity contribution in [1.29, 1.82) is 0 Å². The first-order chi connectivity index (χ1) is 13.1. The van der Waals surface area contributed by atoms with E-state index in [4.69, 9.17) is 0 Å². The molecule has 0 saturated heterocycles. The van der Waals surface area contributed by atoms with Crippen LogP contribution < -0.4 is 0 Å². The van der Waals surface area contributed by atoms with Crippen LogP contribution >= 0.6 is 11.3 Å². The van der Waals surface area contributed by atoms with E-state index in [1.165, 1.54) is 43.3 Å². The number of hydrogen-bond donors (Lipinski definition) is 0. The summed E-state index contributed by atoms with van der Waals surface area (Å²) < 4.78 is 4.69. The van der Waals surface area contributed by atoms with Gasteiger partial charge < -0.3 is 9.64 Å². The third kappa shape index (κ3) is 6.17. The number of carbonyl (C=O) groups excluding carboxylic acids is 2. The van der Waals surface area contributed by atoms with Gasteiger partial charge in [0, 0.05) is 17.5 Å². The van der Waals surface area contributed by atoms with E-state index in [2.05, 4.69) is 16.6 Å². The second kappa shape index (κ2) is 10.8. The number of nitrogens with zero attached hydrogens (tertiary/aromatic N) is 2. The van der Waals surface area contributed by atoms with Crippen LogP contribution in [0, 0.1) is 0 Å². The first-order valence-corrected chi connectivity index (χ1v) is 10.4. The number of esters is 1. The number of thiazole rings is 1. The van der Waals surface area contributed by atoms with Crippen LogP contribution in [-0.2, 0) is 17.7 Å². The molecule has 0 aliphatic carbocycles. The Labute approximate surface area is 165 Å². The molecular formula is C21H28N2O3S. The van der Waals surface area contributed by atoms with Crippen molar-refractivity contribution in [1.82, 2.24) is 9.88 Å². The zero-order valence-electron chi connectivity index (χ0n) is 16.4. The number of benzene rings is 1. The van der Waals surface area contributed by atoms with Crippen LogP contribution in [0.3, 0.4) is 0 Å². The minimum Gasteiger partial charge on any atom is -0.464 e. The molecular weight excluding hydrogens is 360 g/mol. The minimum atomic E-state index is -0.454. The molecule has 6 heteroatoms.